The molecule has 1 aliphatic carbocycles. The molecule has 1 fully saturated rings. The van der Waals surface area contributed by atoms with Gasteiger partial charge >= 0.3 is 5.97 Å². The van der Waals surface area contributed by atoms with Crippen molar-refractivity contribution in [3.63, 3.8) is 0 Å². The van der Waals surface area contributed by atoms with Crippen molar-refractivity contribution in [2.45, 2.75) is 71.5 Å². The van der Waals surface area contributed by atoms with Crippen molar-refractivity contribution in [2.24, 2.45) is 5.41 Å². The predicted molar refractivity (Wildman–Crippen MR) is 89.8 cm³/mol. The Kier molecular flexibility index (Phi) is 5.84. The number of esters is 1. The van der Waals surface area contributed by atoms with Gasteiger partial charge in [0.1, 0.15) is 5.41 Å². The molecule has 0 spiro atoms. The van der Waals surface area contributed by atoms with Gasteiger partial charge < -0.3 is 9.16 Å². The third-order valence-electron chi connectivity index (χ3n) is 5.16. The normalized spacial score (nSPS) is 24.0. The van der Waals surface area contributed by atoms with E-state index in [9.17, 15) is 4.79 Å². The largest absolute Gasteiger partial charge is 0.465 e. The van der Waals surface area contributed by atoms with E-state index in [1.807, 2.05) is 6.92 Å². The molecule has 0 bridgehead atoms. The summed E-state index contributed by atoms with van der Waals surface area (Å²) in [5.41, 5.74) is 0.370. The van der Waals surface area contributed by atoms with Gasteiger partial charge in [0, 0.05) is 0 Å². The maximum atomic E-state index is 12.5. The lowest BCUT2D eigenvalue weighted by Crippen LogP contribution is -2.48. The molecule has 122 valence electrons. The third-order valence-corrected chi connectivity index (χ3v) is 9.64. The average molecular weight is 313 g/mol. The minimum Gasteiger partial charge on any atom is -0.465 e. The molecule has 0 aromatic carbocycles. The first-order valence-corrected chi connectivity index (χ1v) is 11.0. The predicted octanol–water partition coefficient (Wildman–Crippen LogP) is 4.69. The SMILES string of the molecule is C=C1CCCCC1(CO[Si](C)(C)C(C)(C)C)C(=O)OCC. The standard InChI is InChI=1S/C17H32O3Si/c1-8-19-15(18)17(12-10-9-11-14(17)2)13-20-21(6,7)16(3,4)5/h2,8-13H2,1,3-7H3. The van der Waals surface area contributed by atoms with Crippen LogP contribution in [0.15, 0.2) is 12.2 Å². The fraction of sp³-hybridized carbons (Fsp3) is 0.824. The summed E-state index contributed by atoms with van der Waals surface area (Å²) in [5, 5.41) is 0.138. The van der Waals surface area contributed by atoms with Crippen molar-refractivity contribution < 1.29 is 14.0 Å². The number of hydrogen-bond acceptors (Lipinski definition) is 3. The topological polar surface area (TPSA) is 35.5 Å². The van der Waals surface area contributed by atoms with Gasteiger partial charge in [0.2, 0.25) is 0 Å². The Bertz CT molecular complexity index is 395. The second-order valence-corrected chi connectivity index (χ2v) is 12.5. The van der Waals surface area contributed by atoms with Crippen LogP contribution in [0.1, 0.15) is 53.4 Å². The molecule has 0 N–H and O–H groups in total. The number of rotatable bonds is 5. The molecule has 4 heteroatoms. The molecule has 0 amide bonds. The molecule has 0 heterocycles. The number of ether oxygens (including phenoxy) is 1. The number of carbonyl (C=O) groups is 1. The summed E-state index contributed by atoms with van der Waals surface area (Å²) in [6.07, 6.45) is 3.86. The molecule has 0 aliphatic heterocycles. The molecule has 1 aliphatic rings. The van der Waals surface area contributed by atoms with Gasteiger partial charge in [0.15, 0.2) is 8.32 Å². The minimum atomic E-state index is -1.88. The molecule has 21 heavy (non-hydrogen) atoms. The maximum Gasteiger partial charge on any atom is 0.318 e. The van der Waals surface area contributed by atoms with Crippen molar-refractivity contribution in [3.05, 3.63) is 12.2 Å². The molecule has 0 saturated heterocycles. The van der Waals surface area contributed by atoms with Crippen LogP contribution in [0.5, 0.6) is 0 Å². The van der Waals surface area contributed by atoms with E-state index in [2.05, 4.69) is 40.4 Å². The summed E-state index contributed by atoms with van der Waals surface area (Å²) in [5.74, 6) is -0.145. The van der Waals surface area contributed by atoms with E-state index >= 15 is 0 Å². The summed E-state index contributed by atoms with van der Waals surface area (Å²) in [4.78, 5) is 12.5. The van der Waals surface area contributed by atoms with Crippen molar-refractivity contribution in [1.82, 2.24) is 0 Å². The zero-order valence-corrected chi connectivity index (χ0v) is 15.7. The van der Waals surface area contributed by atoms with Gasteiger partial charge in [-0.05, 0) is 44.3 Å². The van der Waals surface area contributed by atoms with Crippen LogP contribution < -0.4 is 0 Å². The van der Waals surface area contributed by atoms with Crippen molar-refractivity contribution >= 4 is 14.3 Å². The zero-order chi connectivity index (χ0) is 16.3. The molecule has 3 nitrogen and oxygen atoms in total. The minimum absolute atomic E-state index is 0.138. The molecular formula is C17H32O3Si. The Hall–Kier alpha value is -0.613. The highest BCUT2D eigenvalue weighted by Crippen LogP contribution is 2.44. The quantitative estimate of drug-likeness (QED) is 0.420. The van der Waals surface area contributed by atoms with Gasteiger partial charge in [0.05, 0.1) is 13.2 Å². The summed E-state index contributed by atoms with van der Waals surface area (Å²) >= 11 is 0. The van der Waals surface area contributed by atoms with Gasteiger partial charge in [-0.15, -0.1) is 0 Å². The second-order valence-electron chi connectivity index (χ2n) is 7.66. The van der Waals surface area contributed by atoms with Crippen LogP contribution in [0.2, 0.25) is 18.1 Å². The summed E-state index contributed by atoms with van der Waals surface area (Å²) in [6.45, 7) is 17.9. The highest BCUT2D eigenvalue weighted by molar-refractivity contribution is 6.74. The van der Waals surface area contributed by atoms with E-state index < -0.39 is 13.7 Å². The third kappa shape index (κ3) is 3.98. The Morgan fingerprint density at radius 3 is 2.43 bits per heavy atom. The van der Waals surface area contributed by atoms with E-state index in [1.165, 1.54) is 0 Å². The first-order chi connectivity index (χ1) is 9.57. The van der Waals surface area contributed by atoms with E-state index in [1.54, 1.807) is 0 Å². The molecule has 0 radical (unpaired) electrons. The summed E-state index contributed by atoms with van der Waals surface area (Å²) in [6, 6.07) is 0. The molecule has 0 aromatic rings. The Morgan fingerprint density at radius 2 is 1.95 bits per heavy atom. The first-order valence-electron chi connectivity index (χ1n) is 8.06. The lowest BCUT2D eigenvalue weighted by atomic mass is 9.71. The van der Waals surface area contributed by atoms with Crippen LogP contribution in [-0.4, -0.2) is 27.5 Å². The van der Waals surface area contributed by atoms with E-state index in [0.29, 0.717) is 13.2 Å². The average Bonchev–Trinajstić information content (AvgIpc) is 2.37. The van der Waals surface area contributed by atoms with Gasteiger partial charge in [-0.3, -0.25) is 4.79 Å². The van der Waals surface area contributed by atoms with Crippen LogP contribution in [0.4, 0.5) is 0 Å². The van der Waals surface area contributed by atoms with Gasteiger partial charge in [-0.1, -0.05) is 39.3 Å². The first kappa shape index (κ1) is 18.4. The van der Waals surface area contributed by atoms with E-state index in [0.717, 1.165) is 31.3 Å². The van der Waals surface area contributed by atoms with Crippen LogP contribution in [0.3, 0.4) is 0 Å². The highest BCUT2D eigenvalue weighted by atomic mass is 28.4. The van der Waals surface area contributed by atoms with Crippen LogP contribution >= 0.6 is 0 Å². The molecule has 1 atom stereocenters. The van der Waals surface area contributed by atoms with Crippen LogP contribution in [0.25, 0.3) is 0 Å². The fourth-order valence-electron chi connectivity index (χ4n) is 2.45. The molecule has 1 unspecified atom stereocenters. The summed E-state index contributed by atoms with van der Waals surface area (Å²) < 4.78 is 11.7. The molecular weight excluding hydrogens is 280 g/mol. The van der Waals surface area contributed by atoms with Crippen molar-refractivity contribution in [3.8, 4) is 0 Å². The summed E-state index contributed by atoms with van der Waals surface area (Å²) in [7, 11) is -1.88. The lowest BCUT2D eigenvalue weighted by Gasteiger charge is -2.42. The Labute approximate surface area is 131 Å². The van der Waals surface area contributed by atoms with E-state index in [4.69, 9.17) is 9.16 Å². The highest BCUT2D eigenvalue weighted by Gasteiger charge is 2.47. The van der Waals surface area contributed by atoms with Gasteiger partial charge in [-0.2, -0.15) is 0 Å². The smallest absolute Gasteiger partial charge is 0.318 e. The second kappa shape index (κ2) is 6.65. The van der Waals surface area contributed by atoms with Crippen molar-refractivity contribution in [1.29, 1.82) is 0 Å². The lowest BCUT2D eigenvalue weighted by molar-refractivity contribution is -0.156. The monoisotopic (exact) mass is 312 g/mol. The molecule has 1 rings (SSSR count). The molecule has 1 saturated carbocycles. The van der Waals surface area contributed by atoms with Gasteiger partial charge in [0.25, 0.3) is 0 Å². The molecule has 0 aromatic heterocycles. The van der Waals surface area contributed by atoms with Crippen LogP contribution in [0, 0.1) is 5.41 Å². The number of carbonyl (C=O) groups excluding carboxylic acids is 1. The van der Waals surface area contributed by atoms with Crippen LogP contribution in [-0.2, 0) is 14.0 Å². The maximum absolute atomic E-state index is 12.5. The number of hydrogen-bond donors (Lipinski definition) is 0. The van der Waals surface area contributed by atoms with Crippen molar-refractivity contribution in [2.75, 3.05) is 13.2 Å². The van der Waals surface area contributed by atoms with Gasteiger partial charge in [-0.25, -0.2) is 0 Å². The Balaban J connectivity index is 2.94. The van der Waals surface area contributed by atoms with E-state index in [-0.39, 0.29) is 11.0 Å². The zero-order valence-electron chi connectivity index (χ0n) is 14.7. The Morgan fingerprint density at radius 1 is 1.33 bits per heavy atom. The fourth-order valence-corrected chi connectivity index (χ4v) is 3.49.